The maximum absolute atomic E-state index is 4.15. The van der Waals surface area contributed by atoms with Crippen LogP contribution in [0.15, 0.2) is 0 Å². The summed E-state index contributed by atoms with van der Waals surface area (Å²) < 4.78 is 0. The summed E-state index contributed by atoms with van der Waals surface area (Å²) in [6, 6.07) is 0. The quantitative estimate of drug-likeness (QED) is 0.245. The molecule has 5 saturated carbocycles. The lowest BCUT2D eigenvalue weighted by atomic mass is 9.80. The minimum atomic E-state index is 0.203. The van der Waals surface area contributed by atoms with Gasteiger partial charge in [0, 0.05) is 9.65 Å². The zero-order valence-corrected chi connectivity index (χ0v) is 22.8. The monoisotopic (exact) mass is 544 g/mol. The molecular formula is C26H43Br2P. The summed E-state index contributed by atoms with van der Waals surface area (Å²) >= 11 is 8.31. The number of hydrogen-bond acceptors (Lipinski definition) is 0. The van der Waals surface area contributed by atoms with Gasteiger partial charge in [-0.3, -0.25) is 0 Å². The van der Waals surface area contributed by atoms with Crippen LogP contribution in [0.3, 0.4) is 0 Å². The maximum Gasteiger partial charge on any atom is 0.0177 e. The van der Waals surface area contributed by atoms with E-state index in [4.69, 9.17) is 0 Å². The highest BCUT2D eigenvalue weighted by molar-refractivity contribution is 9.09. The van der Waals surface area contributed by atoms with Gasteiger partial charge in [0.2, 0.25) is 0 Å². The van der Waals surface area contributed by atoms with Crippen LogP contribution in [0.1, 0.15) is 97.3 Å². The van der Waals surface area contributed by atoms with Crippen LogP contribution in [-0.4, -0.2) is 26.6 Å². The lowest BCUT2D eigenvalue weighted by molar-refractivity contribution is 0.274. The predicted molar refractivity (Wildman–Crippen MR) is 136 cm³/mol. The summed E-state index contributed by atoms with van der Waals surface area (Å²) in [5.74, 6) is 6.09. The van der Waals surface area contributed by atoms with Crippen LogP contribution >= 0.6 is 39.8 Å². The van der Waals surface area contributed by atoms with Crippen molar-refractivity contribution < 1.29 is 0 Å². The lowest BCUT2D eigenvalue weighted by Gasteiger charge is -2.52. The van der Waals surface area contributed by atoms with Crippen molar-refractivity contribution in [2.24, 2.45) is 35.5 Å². The fourth-order valence-corrected chi connectivity index (χ4v) is 15.6. The third kappa shape index (κ3) is 4.33. The third-order valence-electron chi connectivity index (χ3n) is 9.95. The van der Waals surface area contributed by atoms with Gasteiger partial charge in [0.1, 0.15) is 0 Å². The van der Waals surface area contributed by atoms with Crippen LogP contribution in [0.2, 0.25) is 0 Å². The molecule has 0 aliphatic heterocycles. The van der Waals surface area contributed by atoms with Crippen molar-refractivity contribution in [3.8, 4) is 0 Å². The Labute approximate surface area is 198 Å². The van der Waals surface area contributed by atoms with Gasteiger partial charge in [-0.15, -0.1) is 0 Å². The topological polar surface area (TPSA) is 0 Å². The summed E-state index contributed by atoms with van der Waals surface area (Å²) in [6.45, 7) is 5.12. The summed E-state index contributed by atoms with van der Waals surface area (Å²) in [5.41, 5.74) is 3.36. The zero-order valence-electron chi connectivity index (χ0n) is 18.7. The van der Waals surface area contributed by atoms with Crippen LogP contribution in [0.5, 0.6) is 0 Å². The molecule has 0 aromatic heterocycles. The second-order valence-corrected chi connectivity index (χ2v) is 17.2. The first-order valence-electron chi connectivity index (χ1n) is 13.1. The van der Waals surface area contributed by atoms with E-state index in [0.717, 1.165) is 62.1 Å². The lowest BCUT2D eigenvalue weighted by Crippen LogP contribution is -2.42. The van der Waals surface area contributed by atoms with Crippen molar-refractivity contribution in [1.29, 1.82) is 0 Å². The van der Waals surface area contributed by atoms with Gasteiger partial charge in [-0.25, -0.2) is 0 Å². The average molecular weight is 546 g/mol. The first kappa shape index (κ1) is 22.2. The molecule has 10 unspecified atom stereocenters. The smallest absolute Gasteiger partial charge is 0.0177 e. The van der Waals surface area contributed by atoms with Gasteiger partial charge in [0.25, 0.3) is 0 Å². The van der Waals surface area contributed by atoms with Crippen LogP contribution in [0.25, 0.3) is 0 Å². The molecule has 166 valence electrons. The van der Waals surface area contributed by atoms with E-state index in [1.165, 1.54) is 32.1 Å². The van der Waals surface area contributed by atoms with Crippen molar-refractivity contribution in [3.05, 3.63) is 0 Å². The molecule has 0 N–H and O–H groups in total. The van der Waals surface area contributed by atoms with Crippen LogP contribution < -0.4 is 0 Å². The van der Waals surface area contributed by atoms with E-state index in [2.05, 4.69) is 45.7 Å². The number of fused-ring (bicyclic) bond motifs is 2. The van der Waals surface area contributed by atoms with Gasteiger partial charge >= 0.3 is 0 Å². The molecule has 5 aliphatic carbocycles. The van der Waals surface area contributed by atoms with Crippen LogP contribution in [0.4, 0.5) is 0 Å². The minimum absolute atomic E-state index is 0.203. The van der Waals surface area contributed by atoms with Crippen molar-refractivity contribution in [1.82, 2.24) is 0 Å². The zero-order chi connectivity index (χ0) is 20.1. The van der Waals surface area contributed by atoms with E-state index in [9.17, 15) is 0 Å². The Morgan fingerprint density at radius 1 is 0.552 bits per heavy atom. The van der Waals surface area contributed by atoms with Gasteiger partial charge in [0.05, 0.1) is 0 Å². The second-order valence-electron chi connectivity index (χ2n) is 11.9. The molecule has 0 aromatic carbocycles. The SMILES string of the molecule is CC1CC2C(Br)CCC(P(C3CCCCC3)C3CCC(Br)C4CC(C)CC43)C2C1. The van der Waals surface area contributed by atoms with E-state index in [0.29, 0.717) is 0 Å². The molecule has 10 atom stereocenters. The molecule has 0 amide bonds. The molecule has 0 bridgehead atoms. The summed E-state index contributed by atoms with van der Waals surface area (Å²) in [5, 5.41) is 0. The molecule has 5 rings (SSSR count). The van der Waals surface area contributed by atoms with Gasteiger partial charge in [-0.1, -0.05) is 72.9 Å². The number of alkyl halides is 2. The van der Waals surface area contributed by atoms with Crippen LogP contribution in [0, 0.1) is 35.5 Å². The van der Waals surface area contributed by atoms with Crippen LogP contribution in [-0.2, 0) is 0 Å². The summed E-state index contributed by atoms with van der Waals surface area (Å²) in [4.78, 5) is 1.66. The molecule has 0 spiro atoms. The molecule has 0 radical (unpaired) electrons. The Hall–Kier alpha value is 1.39. The highest BCUT2D eigenvalue weighted by Crippen LogP contribution is 2.69. The van der Waals surface area contributed by atoms with E-state index >= 15 is 0 Å². The molecule has 3 heteroatoms. The van der Waals surface area contributed by atoms with E-state index < -0.39 is 0 Å². The Kier molecular flexibility index (Phi) is 7.14. The van der Waals surface area contributed by atoms with E-state index in [-0.39, 0.29) is 7.92 Å². The summed E-state index contributed by atoms with van der Waals surface area (Å²) in [7, 11) is 0.203. The molecule has 0 saturated heterocycles. The average Bonchev–Trinajstić information content (AvgIpc) is 3.30. The number of rotatable bonds is 3. The molecular weight excluding hydrogens is 503 g/mol. The highest BCUT2D eigenvalue weighted by atomic mass is 79.9. The Balaban J connectivity index is 1.45. The van der Waals surface area contributed by atoms with Crippen molar-refractivity contribution in [3.63, 3.8) is 0 Å². The Morgan fingerprint density at radius 2 is 1.00 bits per heavy atom. The molecule has 0 nitrogen and oxygen atoms in total. The van der Waals surface area contributed by atoms with Gasteiger partial charge in [-0.2, -0.15) is 0 Å². The molecule has 0 heterocycles. The molecule has 0 aromatic rings. The maximum atomic E-state index is 4.15. The van der Waals surface area contributed by atoms with Crippen molar-refractivity contribution >= 4 is 39.8 Å². The largest absolute Gasteiger partial charge is 0.0966 e. The molecule has 29 heavy (non-hydrogen) atoms. The fraction of sp³-hybridized carbons (Fsp3) is 1.00. The minimum Gasteiger partial charge on any atom is -0.0966 e. The third-order valence-corrected chi connectivity index (χ3v) is 16.4. The first-order valence-corrected chi connectivity index (χ1v) is 16.5. The van der Waals surface area contributed by atoms with Gasteiger partial charge in [-0.05, 0) is 117 Å². The van der Waals surface area contributed by atoms with E-state index in [1.807, 2.05) is 0 Å². The number of halogens is 2. The summed E-state index contributed by atoms with van der Waals surface area (Å²) in [6.07, 6.45) is 20.0. The van der Waals surface area contributed by atoms with Gasteiger partial charge < -0.3 is 0 Å². The highest BCUT2D eigenvalue weighted by Gasteiger charge is 2.53. The van der Waals surface area contributed by atoms with Crippen molar-refractivity contribution in [2.75, 3.05) is 0 Å². The standard InChI is InChI=1S/C26H43Br2P/c1-16-12-19-21(14-16)25(10-8-23(19)27)29(18-6-4-3-5-7-18)26-11-9-24(28)20-13-17(2)15-22(20)26/h16-26H,3-15H2,1-2H3. The second kappa shape index (κ2) is 9.33. The molecule has 5 aliphatic rings. The normalized spacial score (nSPS) is 52.1. The van der Waals surface area contributed by atoms with Gasteiger partial charge in [0.15, 0.2) is 0 Å². The number of hydrogen-bond donors (Lipinski definition) is 0. The van der Waals surface area contributed by atoms with E-state index in [1.54, 1.807) is 51.4 Å². The predicted octanol–water partition coefficient (Wildman–Crippen LogP) is 8.98. The Morgan fingerprint density at radius 3 is 1.48 bits per heavy atom. The molecule has 5 fully saturated rings. The first-order chi connectivity index (χ1) is 14.0. The Bertz CT molecular complexity index is 521. The van der Waals surface area contributed by atoms with Crippen molar-refractivity contribution in [2.45, 2.75) is 124 Å². The fourth-order valence-electron chi connectivity index (χ4n) is 8.89.